The zero-order chi connectivity index (χ0) is 20.9. The smallest absolute Gasteiger partial charge is 0.191 e. The molecule has 0 radical (unpaired) electrons. The zero-order valence-electron chi connectivity index (χ0n) is 18.2. The number of hydrogen-bond acceptors (Lipinski definition) is 4. The van der Waals surface area contributed by atoms with Crippen LogP contribution in [0.3, 0.4) is 0 Å². The molecule has 0 bridgehead atoms. The number of rotatable bonds is 11. The molecule has 1 aromatic heterocycles. The summed E-state index contributed by atoms with van der Waals surface area (Å²) in [6, 6.07) is 14.5. The van der Waals surface area contributed by atoms with E-state index in [4.69, 9.17) is 9.73 Å². The van der Waals surface area contributed by atoms with Gasteiger partial charge in [-0.3, -0.25) is 14.9 Å². The van der Waals surface area contributed by atoms with Gasteiger partial charge in [0.25, 0.3) is 0 Å². The summed E-state index contributed by atoms with van der Waals surface area (Å²) in [5.41, 5.74) is 2.30. The molecule has 1 aromatic carbocycles. The van der Waals surface area contributed by atoms with Gasteiger partial charge in [0, 0.05) is 31.4 Å². The second kappa shape index (κ2) is 12.8. The number of aromatic nitrogens is 1. The minimum atomic E-state index is 0.200. The van der Waals surface area contributed by atoms with Gasteiger partial charge in [-0.05, 0) is 49.8 Å². The summed E-state index contributed by atoms with van der Waals surface area (Å²) in [5, 5.41) is 6.78. The van der Waals surface area contributed by atoms with E-state index in [1.165, 1.54) is 5.56 Å². The lowest BCUT2D eigenvalue weighted by Gasteiger charge is -2.29. The first-order valence-corrected chi connectivity index (χ1v) is 10.5. The molecule has 0 spiro atoms. The number of guanidine groups is 1. The van der Waals surface area contributed by atoms with Gasteiger partial charge < -0.3 is 15.4 Å². The number of aliphatic imine (C=N–C) groups is 1. The normalized spacial score (nSPS) is 12.7. The summed E-state index contributed by atoms with van der Waals surface area (Å²) in [6.45, 7) is 10.7. The number of likely N-dealkylation sites (N-methyl/N-ethyl adjacent to an activating group) is 1. The van der Waals surface area contributed by atoms with Crippen LogP contribution in [-0.2, 0) is 6.42 Å². The lowest BCUT2D eigenvalue weighted by molar-refractivity contribution is 0.224. The molecule has 0 fully saturated rings. The van der Waals surface area contributed by atoms with Gasteiger partial charge in [-0.25, -0.2) is 0 Å². The lowest BCUT2D eigenvalue weighted by Crippen LogP contribution is -2.39. The highest BCUT2D eigenvalue weighted by atomic mass is 16.5. The Kier molecular flexibility index (Phi) is 10.00. The maximum Gasteiger partial charge on any atom is 0.191 e. The van der Waals surface area contributed by atoms with Gasteiger partial charge in [0.15, 0.2) is 5.96 Å². The predicted octanol–water partition coefficient (Wildman–Crippen LogP) is 3.27. The van der Waals surface area contributed by atoms with Crippen molar-refractivity contribution >= 4 is 5.96 Å². The highest BCUT2D eigenvalue weighted by Gasteiger charge is 2.18. The van der Waals surface area contributed by atoms with Gasteiger partial charge in [0.05, 0.1) is 19.7 Å². The molecule has 158 valence electrons. The highest BCUT2D eigenvalue weighted by molar-refractivity contribution is 5.79. The van der Waals surface area contributed by atoms with Crippen LogP contribution in [0.1, 0.15) is 38.1 Å². The molecule has 0 saturated heterocycles. The molecule has 0 amide bonds. The van der Waals surface area contributed by atoms with Crippen molar-refractivity contribution in [2.24, 2.45) is 4.99 Å². The molecule has 0 aliphatic rings. The molecular formula is C23H35N5O. The summed E-state index contributed by atoms with van der Waals surface area (Å²) < 4.78 is 5.43. The summed E-state index contributed by atoms with van der Waals surface area (Å²) in [7, 11) is 1.71. The predicted molar refractivity (Wildman–Crippen MR) is 121 cm³/mol. The molecule has 2 rings (SSSR count). The van der Waals surface area contributed by atoms with Gasteiger partial charge in [-0.15, -0.1) is 0 Å². The van der Waals surface area contributed by atoms with E-state index >= 15 is 0 Å². The van der Waals surface area contributed by atoms with Crippen LogP contribution in [0.4, 0.5) is 0 Å². The van der Waals surface area contributed by atoms with Gasteiger partial charge in [-0.2, -0.15) is 0 Å². The number of ether oxygens (including phenoxy) is 1. The number of benzene rings is 1. The second-order valence-corrected chi connectivity index (χ2v) is 6.73. The molecule has 29 heavy (non-hydrogen) atoms. The first-order chi connectivity index (χ1) is 14.2. The Hall–Kier alpha value is -2.60. The van der Waals surface area contributed by atoms with Crippen LogP contribution in [0.15, 0.2) is 53.7 Å². The Morgan fingerprint density at radius 2 is 1.93 bits per heavy atom. The molecule has 2 N–H and O–H groups in total. The van der Waals surface area contributed by atoms with Crippen LogP contribution in [0.5, 0.6) is 5.75 Å². The van der Waals surface area contributed by atoms with Gasteiger partial charge in [0.1, 0.15) is 5.75 Å². The fourth-order valence-electron chi connectivity index (χ4n) is 3.32. The van der Waals surface area contributed by atoms with Crippen LogP contribution in [0.2, 0.25) is 0 Å². The summed E-state index contributed by atoms with van der Waals surface area (Å²) >= 11 is 0. The van der Waals surface area contributed by atoms with E-state index in [1.54, 1.807) is 7.11 Å². The van der Waals surface area contributed by atoms with Gasteiger partial charge in [-0.1, -0.05) is 32.0 Å². The Morgan fingerprint density at radius 1 is 1.10 bits per heavy atom. The van der Waals surface area contributed by atoms with Crippen molar-refractivity contribution in [3.63, 3.8) is 0 Å². The Bertz CT molecular complexity index is 731. The van der Waals surface area contributed by atoms with Crippen molar-refractivity contribution in [1.82, 2.24) is 20.5 Å². The average Bonchev–Trinajstić information content (AvgIpc) is 2.77. The van der Waals surface area contributed by atoms with E-state index in [0.717, 1.165) is 50.0 Å². The van der Waals surface area contributed by atoms with E-state index in [0.29, 0.717) is 6.54 Å². The van der Waals surface area contributed by atoms with Crippen molar-refractivity contribution in [1.29, 1.82) is 0 Å². The van der Waals surface area contributed by atoms with Crippen molar-refractivity contribution in [3.05, 3.63) is 59.9 Å². The molecule has 1 unspecified atom stereocenters. The Balaban J connectivity index is 2.09. The van der Waals surface area contributed by atoms with Crippen LogP contribution in [0, 0.1) is 0 Å². The summed E-state index contributed by atoms with van der Waals surface area (Å²) in [5.74, 6) is 1.72. The molecule has 2 aromatic rings. The standard InChI is InChI=1S/C23H35N5O/c1-5-24-23(26-16-14-20-12-8-9-15-25-20)27-18-22(28(6-2)7-3)19-11-10-13-21(17-19)29-4/h8-13,15,17,22H,5-7,14,16,18H2,1-4H3,(H2,24,26,27). The van der Waals surface area contributed by atoms with Gasteiger partial charge >= 0.3 is 0 Å². The van der Waals surface area contributed by atoms with E-state index in [1.807, 2.05) is 36.5 Å². The number of hydrogen-bond donors (Lipinski definition) is 2. The monoisotopic (exact) mass is 397 g/mol. The van der Waals surface area contributed by atoms with Crippen molar-refractivity contribution < 1.29 is 4.74 Å². The SMILES string of the molecule is CCNC(=NCC(c1cccc(OC)c1)N(CC)CC)NCCc1ccccn1. The molecular weight excluding hydrogens is 362 g/mol. The van der Waals surface area contributed by atoms with Crippen LogP contribution in [0.25, 0.3) is 0 Å². The largest absolute Gasteiger partial charge is 0.497 e. The fraction of sp³-hybridized carbons (Fsp3) is 0.478. The quantitative estimate of drug-likeness (QED) is 0.450. The Morgan fingerprint density at radius 3 is 2.59 bits per heavy atom. The minimum absolute atomic E-state index is 0.200. The van der Waals surface area contributed by atoms with E-state index in [9.17, 15) is 0 Å². The second-order valence-electron chi connectivity index (χ2n) is 6.73. The summed E-state index contributed by atoms with van der Waals surface area (Å²) in [4.78, 5) is 11.7. The van der Waals surface area contributed by atoms with Crippen LogP contribution >= 0.6 is 0 Å². The number of methoxy groups -OCH3 is 1. The maximum atomic E-state index is 5.43. The van der Waals surface area contributed by atoms with Crippen LogP contribution in [-0.4, -0.2) is 55.7 Å². The molecule has 1 heterocycles. The number of nitrogens with zero attached hydrogens (tertiary/aromatic N) is 3. The fourth-order valence-corrected chi connectivity index (χ4v) is 3.32. The first-order valence-electron chi connectivity index (χ1n) is 10.5. The topological polar surface area (TPSA) is 61.8 Å². The minimum Gasteiger partial charge on any atom is -0.497 e. The molecule has 0 aliphatic carbocycles. The molecule has 6 nitrogen and oxygen atoms in total. The Labute approximate surface area is 175 Å². The van der Waals surface area contributed by atoms with E-state index in [2.05, 4.69) is 53.4 Å². The molecule has 0 saturated carbocycles. The zero-order valence-corrected chi connectivity index (χ0v) is 18.2. The third-order valence-corrected chi connectivity index (χ3v) is 4.90. The molecule has 6 heteroatoms. The third-order valence-electron chi connectivity index (χ3n) is 4.90. The average molecular weight is 398 g/mol. The van der Waals surface area contributed by atoms with Crippen molar-refractivity contribution in [2.75, 3.05) is 39.8 Å². The van der Waals surface area contributed by atoms with E-state index in [-0.39, 0.29) is 6.04 Å². The number of nitrogens with one attached hydrogen (secondary N) is 2. The van der Waals surface area contributed by atoms with Crippen molar-refractivity contribution in [2.45, 2.75) is 33.2 Å². The van der Waals surface area contributed by atoms with E-state index < -0.39 is 0 Å². The third kappa shape index (κ3) is 7.38. The molecule has 1 atom stereocenters. The van der Waals surface area contributed by atoms with Crippen LogP contribution < -0.4 is 15.4 Å². The first kappa shape index (κ1) is 22.7. The highest BCUT2D eigenvalue weighted by Crippen LogP contribution is 2.24. The lowest BCUT2D eigenvalue weighted by atomic mass is 10.0. The number of pyridine rings is 1. The summed E-state index contributed by atoms with van der Waals surface area (Å²) in [6.07, 6.45) is 2.69. The maximum absolute atomic E-state index is 5.43. The van der Waals surface area contributed by atoms with Crippen molar-refractivity contribution in [3.8, 4) is 5.75 Å². The van der Waals surface area contributed by atoms with Gasteiger partial charge in [0.2, 0.25) is 0 Å². The molecule has 0 aliphatic heterocycles.